The third-order valence-electron chi connectivity index (χ3n) is 7.09. The van der Waals surface area contributed by atoms with Crippen LogP contribution in [0.2, 0.25) is 5.02 Å². The minimum atomic E-state index is -1.000. The van der Waals surface area contributed by atoms with E-state index in [2.05, 4.69) is 10.0 Å². The lowest BCUT2D eigenvalue weighted by molar-refractivity contribution is -0.146. The van der Waals surface area contributed by atoms with Gasteiger partial charge in [-0.3, -0.25) is 4.79 Å². The zero-order valence-corrected chi connectivity index (χ0v) is 23.5. The highest BCUT2D eigenvalue weighted by Gasteiger charge is 2.33. The number of carbonyl (C=O) groups is 3. The van der Waals surface area contributed by atoms with Crippen LogP contribution in [-0.2, 0) is 27.2 Å². The number of benzene rings is 3. The average molecular weight is 575 g/mol. The van der Waals surface area contributed by atoms with Crippen LogP contribution in [0.3, 0.4) is 0 Å². The van der Waals surface area contributed by atoms with Crippen LogP contribution in [0.1, 0.15) is 63.9 Å². The van der Waals surface area contributed by atoms with Crippen molar-refractivity contribution in [2.24, 2.45) is 5.11 Å². The summed E-state index contributed by atoms with van der Waals surface area (Å²) >= 11 is 6.09. The molecule has 0 aliphatic heterocycles. The molecule has 212 valence electrons. The van der Waals surface area contributed by atoms with Gasteiger partial charge >= 0.3 is 11.9 Å². The second-order valence-corrected chi connectivity index (χ2v) is 10.3. The Bertz CT molecular complexity index is 1420. The normalized spacial score (nSPS) is 13.9. The van der Waals surface area contributed by atoms with Gasteiger partial charge in [-0.05, 0) is 72.7 Å². The molecule has 0 bridgehead atoms. The maximum Gasteiger partial charge on any atom is 0.338 e. The molecule has 3 aromatic rings. The molecular weight excluding hydrogens is 544 g/mol. The van der Waals surface area contributed by atoms with Gasteiger partial charge in [-0.25, -0.2) is 9.59 Å². The number of ether oxygens (including phenoxy) is 2. The number of nitrogens with zero attached hydrogens (tertiary/aromatic N) is 4. The molecule has 3 aromatic carbocycles. The number of amides is 1. The summed E-state index contributed by atoms with van der Waals surface area (Å²) in [7, 11) is 1.27. The van der Waals surface area contributed by atoms with Crippen LogP contribution in [0.25, 0.3) is 10.4 Å². The van der Waals surface area contributed by atoms with E-state index >= 15 is 0 Å². The molecule has 0 heterocycles. The van der Waals surface area contributed by atoms with E-state index in [1.165, 1.54) is 30.2 Å². The number of hydrogen-bond acceptors (Lipinski definition) is 6. The largest absolute Gasteiger partial charge is 0.467 e. The van der Waals surface area contributed by atoms with Crippen LogP contribution in [0, 0.1) is 0 Å². The predicted octanol–water partition coefficient (Wildman–Crippen LogP) is 7.20. The van der Waals surface area contributed by atoms with Crippen molar-refractivity contribution in [1.29, 1.82) is 0 Å². The third-order valence-corrected chi connectivity index (χ3v) is 7.33. The monoisotopic (exact) mass is 574 g/mol. The van der Waals surface area contributed by atoms with E-state index in [4.69, 9.17) is 26.6 Å². The van der Waals surface area contributed by atoms with Gasteiger partial charge in [-0.2, -0.15) is 0 Å². The Hall–Kier alpha value is -4.33. The molecule has 1 fully saturated rings. The Kier molecular flexibility index (Phi) is 10.4. The van der Waals surface area contributed by atoms with E-state index < -0.39 is 17.9 Å². The van der Waals surface area contributed by atoms with Crippen molar-refractivity contribution in [3.05, 3.63) is 111 Å². The Morgan fingerprint density at radius 3 is 2.37 bits per heavy atom. The molecule has 0 N–H and O–H groups in total. The Labute approximate surface area is 243 Å². The lowest BCUT2D eigenvalue weighted by atomic mass is 9.98. The fraction of sp³-hybridized carbons (Fsp3) is 0.323. The molecule has 4 rings (SSSR count). The molecule has 9 nitrogen and oxygen atoms in total. The van der Waals surface area contributed by atoms with Gasteiger partial charge in [0.05, 0.1) is 18.4 Å². The SMILES string of the molecule is COC(=O)[C@@H](Cc1ccccc1)N(Cc1ccc(C(=O)OC2CCCCC2)cc1)C(=O)c1ccc(Cl)cc1N=[N+]=[N-]. The summed E-state index contributed by atoms with van der Waals surface area (Å²) < 4.78 is 10.8. The lowest BCUT2D eigenvalue weighted by Crippen LogP contribution is -2.46. The standard InChI is InChI=1S/C31H31ClN4O5/c1-40-31(39)28(18-21-8-4-2-5-9-21)36(29(37)26-17-16-24(32)19-27(26)34-35-33)20-22-12-14-23(15-13-22)30(38)41-25-10-6-3-7-11-25/h2,4-5,8-9,12-17,19,25,28H,3,6-7,10-11,18,20H2,1H3/t28-/m1/s1. The van der Waals surface area contributed by atoms with Crippen molar-refractivity contribution in [2.75, 3.05) is 7.11 Å². The molecule has 0 spiro atoms. The summed E-state index contributed by atoms with van der Waals surface area (Å²) in [5.74, 6) is -1.53. The van der Waals surface area contributed by atoms with Crippen LogP contribution >= 0.6 is 11.6 Å². The molecule has 1 aliphatic rings. The summed E-state index contributed by atoms with van der Waals surface area (Å²) in [6.07, 6.45) is 5.15. The maximum atomic E-state index is 14.0. The Balaban J connectivity index is 1.65. The molecule has 1 saturated carbocycles. The molecule has 0 saturated heterocycles. The minimum Gasteiger partial charge on any atom is -0.467 e. The third kappa shape index (κ3) is 7.87. The number of hydrogen-bond donors (Lipinski definition) is 0. The van der Waals surface area contributed by atoms with Gasteiger partial charge in [-0.15, -0.1) is 0 Å². The van der Waals surface area contributed by atoms with Gasteiger partial charge < -0.3 is 14.4 Å². The first-order valence-corrected chi connectivity index (χ1v) is 13.8. The van der Waals surface area contributed by atoms with Crippen molar-refractivity contribution in [3.63, 3.8) is 0 Å². The van der Waals surface area contributed by atoms with Crippen LogP contribution in [0.5, 0.6) is 0 Å². The van der Waals surface area contributed by atoms with Gasteiger partial charge in [0.15, 0.2) is 0 Å². The van der Waals surface area contributed by atoms with Gasteiger partial charge in [0.1, 0.15) is 12.1 Å². The highest BCUT2D eigenvalue weighted by Crippen LogP contribution is 2.28. The summed E-state index contributed by atoms with van der Waals surface area (Å²) in [5, 5.41) is 3.94. The first-order chi connectivity index (χ1) is 19.9. The molecule has 0 radical (unpaired) electrons. The van der Waals surface area contributed by atoms with E-state index in [1.54, 1.807) is 24.3 Å². The van der Waals surface area contributed by atoms with E-state index in [1.807, 2.05) is 30.3 Å². The number of azide groups is 1. The quantitative estimate of drug-likeness (QED) is 0.110. The Morgan fingerprint density at radius 1 is 1.00 bits per heavy atom. The van der Waals surface area contributed by atoms with Crippen molar-refractivity contribution in [2.45, 2.75) is 57.2 Å². The topological polar surface area (TPSA) is 122 Å². The van der Waals surface area contributed by atoms with Gasteiger partial charge in [0.2, 0.25) is 0 Å². The summed E-state index contributed by atoms with van der Waals surface area (Å²) in [6.45, 7) is 0.0156. The van der Waals surface area contributed by atoms with Gasteiger partial charge in [0, 0.05) is 28.5 Å². The zero-order valence-electron chi connectivity index (χ0n) is 22.7. The van der Waals surface area contributed by atoms with Crippen molar-refractivity contribution < 1.29 is 23.9 Å². The highest BCUT2D eigenvalue weighted by atomic mass is 35.5. The van der Waals surface area contributed by atoms with Crippen molar-refractivity contribution in [1.82, 2.24) is 4.90 Å². The second-order valence-electron chi connectivity index (χ2n) is 9.87. The van der Waals surface area contributed by atoms with Crippen molar-refractivity contribution in [3.8, 4) is 0 Å². The fourth-order valence-electron chi connectivity index (χ4n) is 4.93. The molecule has 0 aromatic heterocycles. The molecule has 1 aliphatic carbocycles. The number of methoxy groups -OCH3 is 1. The fourth-order valence-corrected chi connectivity index (χ4v) is 5.10. The molecule has 10 heteroatoms. The van der Waals surface area contributed by atoms with Gasteiger partial charge in [0.25, 0.3) is 5.91 Å². The van der Waals surface area contributed by atoms with E-state index in [0.717, 1.165) is 37.7 Å². The lowest BCUT2D eigenvalue weighted by Gasteiger charge is -2.31. The van der Waals surface area contributed by atoms with E-state index in [9.17, 15) is 14.4 Å². The number of halogens is 1. The van der Waals surface area contributed by atoms with E-state index in [-0.39, 0.29) is 36.3 Å². The van der Waals surface area contributed by atoms with Crippen LogP contribution in [0.4, 0.5) is 5.69 Å². The van der Waals surface area contributed by atoms with Crippen LogP contribution in [-0.4, -0.2) is 42.0 Å². The number of rotatable bonds is 10. The highest BCUT2D eigenvalue weighted by molar-refractivity contribution is 6.31. The van der Waals surface area contributed by atoms with E-state index in [0.29, 0.717) is 16.1 Å². The molecule has 0 unspecified atom stereocenters. The minimum absolute atomic E-state index is 0.0156. The molecular formula is C31H31ClN4O5. The van der Waals surface area contributed by atoms with Crippen LogP contribution < -0.4 is 0 Å². The zero-order chi connectivity index (χ0) is 29.2. The summed E-state index contributed by atoms with van der Waals surface area (Å²) in [5.41, 5.74) is 11.1. The summed E-state index contributed by atoms with van der Waals surface area (Å²) in [4.78, 5) is 44.0. The molecule has 1 amide bonds. The number of esters is 2. The maximum absolute atomic E-state index is 14.0. The summed E-state index contributed by atoms with van der Waals surface area (Å²) in [6, 6.07) is 19.4. The van der Waals surface area contributed by atoms with Crippen molar-refractivity contribution >= 4 is 35.1 Å². The molecule has 1 atom stereocenters. The molecule has 41 heavy (non-hydrogen) atoms. The Morgan fingerprint density at radius 2 is 1.71 bits per heavy atom. The predicted molar refractivity (Wildman–Crippen MR) is 155 cm³/mol. The smallest absolute Gasteiger partial charge is 0.338 e. The second kappa shape index (κ2) is 14.3. The first-order valence-electron chi connectivity index (χ1n) is 13.5. The number of carbonyl (C=O) groups excluding carboxylic acids is 3. The first kappa shape index (κ1) is 29.6. The van der Waals surface area contributed by atoms with Gasteiger partial charge in [-0.1, -0.05) is 65.6 Å². The van der Waals surface area contributed by atoms with Crippen LogP contribution in [0.15, 0.2) is 77.9 Å². The average Bonchev–Trinajstić information content (AvgIpc) is 3.00.